The first kappa shape index (κ1) is 17.8. The van der Waals surface area contributed by atoms with Gasteiger partial charge in [-0.2, -0.15) is 13.2 Å². The Morgan fingerprint density at radius 3 is 2.40 bits per heavy atom. The van der Waals surface area contributed by atoms with Crippen molar-refractivity contribution in [1.82, 2.24) is 4.90 Å². The van der Waals surface area contributed by atoms with E-state index in [9.17, 15) is 22.8 Å². The van der Waals surface area contributed by atoms with Crippen LogP contribution in [0.15, 0.2) is 24.3 Å². The van der Waals surface area contributed by atoms with Crippen LogP contribution >= 0.6 is 0 Å². The van der Waals surface area contributed by atoms with E-state index in [0.717, 1.165) is 16.0 Å². The summed E-state index contributed by atoms with van der Waals surface area (Å²) in [6, 6.07) is 7.73. The fourth-order valence-electron chi connectivity index (χ4n) is 4.01. The van der Waals surface area contributed by atoms with Crippen molar-refractivity contribution >= 4 is 11.9 Å². The molecule has 1 aromatic carbocycles. The molecule has 3 rings (SSSR count). The van der Waals surface area contributed by atoms with Gasteiger partial charge in [0.05, 0.1) is 17.3 Å². The van der Waals surface area contributed by atoms with E-state index in [2.05, 4.69) is 0 Å². The van der Waals surface area contributed by atoms with E-state index in [0.29, 0.717) is 19.3 Å². The molecule has 4 nitrogen and oxygen atoms in total. The minimum Gasteiger partial charge on any atom is -0.481 e. The van der Waals surface area contributed by atoms with Gasteiger partial charge in [-0.25, -0.2) is 0 Å². The van der Waals surface area contributed by atoms with Crippen LogP contribution in [0.4, 0.5) is 13.2 Å². The Hall–Kier alpha value is -2.05. The lowest BCUT2D eigenvalue weighted by atomic mass is 9.72. The largest absolute Gasteiger partial charge is 0.481 e. The first-order valence-corrected chi connectivity index (χ1v) is 8.27. The van der Waals surface area contributed by atoms with Gasteiger partial charge >= 0.3 is 12.1 Å². The summed E-state index contributed by atoms with van der Waals surface area (Å²) in [6.45, 7) is 0.814. The minimum atomic E-state index is -4.63. The smallest absolute Gasteiger partial charge is 0.394 e. The van der Waals surface area contributed by atoms with E-state index in [1.807, 2.05) is 24.3 Å². The van der Waals surface area contributed by atoms with E-state index in [-0.39, 0.29) is 12.5 Å². The molecule has 0 saturated carbocycles. The number of hydrogen-bond acceptors (Lipinski definition) is 2. The molecular weight excluding hydrogens is 335 g/mol. The summed E-state index contributed by atoms with van der Waals surface area (Å²) >= 11 is 0. The number of aryl methyl sites for hydroxylation is 1. The maximum atomic E-state index is 13.1. The van der Waals surface area contributed by atoms with Crippen LogP contribution < -0.4 is 0 Å². The predicted molar refractivity (Wildman–Crippen MR) is 83.8 cm³/mol. The maximum absolute atomic E-state index is 13.1. The standard InChI is InChI=1S/C18H20F3NO3/c1-17(7-6-11-4-2-3-5-12(11)8-17)16(25)22-9-13(15(23)24)14(10-22)18(19,20)21/h2-5,13-14H,6-10H2,1H3,(H,23,24)/t13-,14-,17?/m1/s1. The number of carboxylic acid groups (broad SMARTS) is 1. The van der Waals surface area contributed by atoms with Crippen LogP contribution in [0.3, 0.4) is 0 Å². The van der Waals surface area contributed by atoms with Crippen LogP contribution in [0.2, 0.25) is 0 Å². The number of rotatable bonds is 2. The molecule has 1 aliphatic carbocycles. The zero-order valence-electron chi connectivity index (χ0n) is 13.8. The third-order valence-electron chi connectivity index (χ3n) is 5.51. The number of benzene rings is 1. The summed E-state index contributed by atoms with van der Waals surface area (Å²) in [6.07, 6.45) is -2.92. The minimum absolute atomic E-state index is 0.375. The second-order valence-corrected chi connectivity index (χ2v) is 7.31. The zero-order chi connectivity index (χ0) is 18.4. The molecular formula is C18H20F3NO3. The van der Waals surface area contributed by atoms with Crippen LogP contribution in [-0.4, -0.2) is 41.1 Å². The number of likely N-dealkylation sites (tertiary alicyclic amines) is 1. The van der Waals surface area contributed by atoms with Crippen molar-refractivity contribution < 1.29 is 27.9 Å². The molecule has 0 bridgehead atoms. The van der Waals surface area contributed by atoms with Crippen LogP contribution in [0, 0.1) is 17.3 Å². The van der Waals surface area contributed by atoms with Gasteiger partial charge in [-0.15, -0.1) is 0 Å². The van der Waals surface area contributed by atoms with Crippen molar-refractivity contribution in [3.8, 4) is 0 Å². The first-order chi connectivity index (χ1) is 11.6. The van der Waals surface area contributed by atoms with Gasteiger partial charge in [0.1, 0.15) is 0 Å². The number of hydrogen-bond donors (Lipinski definition) is 1. The van der Waals surface area contributed by atoms with E-state index in [4.69, 9.17) is 5.11 Å². The summed E-state index contributed by atoms with van der Waals surface area (Å²) in [5.41, 5.74) is 1.40. The Morgan fingerprint density at radius 1 is 1.20 bits per heavy atom. The lowest BCUT2D eigenvalue weighted by molar-refractivity contribution is -0.188. The average Bonchev–Trinajstić information content (AvgIpc) is 2.99. The number of fused-ring (bicyclic) bond motifs is 1. The van der Waals surface area contributed by atoms with Crippen molar-refractivity contribution in [3.05, 3.63) is 35.4 Å². The van der Waals surface area contributed by atoms with Crippen LogP contribution in [-0.2, 0) is 22.4 Å². The Bertz CT molecular complexity index is 703. The highest BCUT2D eigenvalue weighted by Gasteiger charge is 2.55. The third-order valence-corrected chi connectivity index (χ3v) is 5.51. The normalized spacial score (nSPS) is 29.4. The molecule has 0 spiro atoms. The second-order valence-electron chi connectivity index (χ2n) is 7.31. The van der Waals surface area contributed by atoms with Gasteiger partial charge in [0.15, 0.2) is 0 Å². The lowest BCUT2D eigenvalue weighted by Crippen LogP contribution is -2.45. The summed E-state index contributed by atoms with van der Waals surface area (Å²) in [4.78, 5) is 25.2. The fourth-order valence-corrected chi connectivity index (χ4v) is 4.01. The van der Waals surface area contributed by atoms with Gasteiger partial charge in [0, 0.05) is 13.1 Å². The number of carbonyl (C=O) groups is 2. The average molecular weight is 355 g/mol. The predicted octanol–water partition coefficient (Wildman–Crippen LogP) is 2.90. The number of carboxylic acids is 1. The van der Waals surface area contributed by atoms with Crippen molar-refractivity contribution in [2.45, 2.75) is 32.4 Å². The van der Waals surface area contributed by atoms with Crippen LogP contribution in [0.5, 0.6) is 0 Å². The number of nitrogens with zero attached hydrogens (tertiary/aromatic N) is 1. The summed E-state index contributed by atoms with van der Waals surface area (Å²) < 4.78 is 39.4. The molecule has 136 valence electrons. The van der Waals surface area contributed by atoms with E-state index >= 15 is 0 Å². The first-order valence-electron chi connectivity index (χ1n) is 8.27. The van der Waals surface area contributed by atoms with Gasteiger partial charge < -0.3 is 10.0 Å². The van der Waals surface area contributed by atoms with Gasteiger partial charge in [-0.3, -0.25) is 9.59 Å². The highest BCUT2D eigenvalue weighted by molar-refractivity contribution is 5.84. The monoisotopic (exact) mass is 355 g/mol. The highest BCUT2D eigenvalue weighted by Crippen LogP contribution is 2.42. The van der Waals surface area contributed by atoms with Gasteiger partial charge in [-0.1, -0.05) is 31.2 Å². The number of alkyl halides is 3. The van der Waals surface area contributed by atoms with E-state index in [1.54, 1.807) is 6.92 Å². The van der Waals surface area contributed by atoms with Crippen molar-refractivity contribution in [1.29, 1.82) is 0 Å². The second kappa shape index (κ2) is 6.04. The third kappa shape index (κ3) is 3.24. The fraction of sp³-hybridized carbons (Fsp3) is 0.556. The van der Waals surface area contributed by atoms with E-state index in [1.165, 1.54) is 0 Å². The van der Waals surface area contributed by atoms with Crippen LogP contribution in [0.25, 0.3) is 0 Å². The molecule has 3 atom stereocenters. The molecule has 2 aliphatic rings. The molecule has 7 heteroatoms. The summed E-state index contributed by atoms with van der Waals surface area (Å²) in [5.74, 6) is -5.48. The highest BCUT2D eigenvalue weighted by atomic mass is 19.4. The number of carbonyl (C=O) groups excluding carboxylic acids is 1. The van der Waals surface area contributed by atoms with Crippen LogP contribution in [0.1, 0.15) is 24.5 Å². The molecule has 1 amide bonds. The zero-order valence-corrected chi connectivity index (χ0v) is 13.8. The van der Waals surface area contributed by atoms with Gasteiger partial charge in [0.2, 0.25) is 5.91 Å². The van der Waals surface area contributed by atoms with Crippen molar-refractivity contribution in [3.63, 3.8) is 0 Å². The molecule has 1 fully saturated rings. The molecule has 1 aliphatic heterocycles. The Morgan fingerprint density at radius 2 is 1.84 bits per heavy atom. The SMILES string of the molecule is CC1(C(=O)N2C[C@@H](C(F)(F)F)[C@H](C(=O)O)C2)CCc2ccccc2C1. The van der Waals surface area contributed by atoms with E-state index < -0.39 is 35.9 Å². The Kier molecular flexibility index (Phi) is 4.29. The molecule has 25 heavy (non-hydrogen) atoms. The number of aliphatic carboxylic acids is 1. The van der Waals surface area contributed by atoms with Crippen molar-refractivity contribution in [2.75, 3.05) is 13.1 Å². The van der Waals surface area contributed by atoms with Gasteiger partial charge in [0.25, 0.3) is 0 Å². The summed E-state index contributed by atoms with van der Waals surface area (Å²) in [5, 5.41) is 9.11. The molecule has 0 radical (unpaired) electrons. The molecule has 1 saturated heterocycles. The molecule has 0 aromatic heterocycles. The summed E-state index contributed by atoms with van der Waals surface area (Å²) in [7, 11) is 0. The Labute approximate surface area is 143 Å². The number of amides is 1. The molecule has 1 heterocycles. The molecule has 1 aromatic rings. The quantitative estimate of drug-likeness (QED) is 0.887. The van der Waals surface area contributed by atoms with Crippen molar-refractivity contribution in [2.24, 2.45) is 17.3 Å². The topological polar surface area (TPSA) is 57.6 Å². The Balaban J connectivity index is 1.81. The molecule has 1 unspecified atom stereocenters. The maximum Gasteiger partial charge on any atom is 0.394 e. The lowest BCUT2D eigenvalue weighted by Gasteiger charge is -2.36. The molecule has 1 N–H and O–H groups in total. The number of halogens is 3. The van der Waals surface area contributed by atoms with Gasteiger partial charge in [-0.05, 0) is 30.4 Å².